The van der Waals surface area contributed by atoms with E-state index in [1.54, 1.807) is 18.2 Å². The van der Waals surface area contributed by atoms with Crippen molar-refractivity contribution in [3.63, 3.8) is 0 Å². The van der Waals surface area contributed by atoms with Crippen LogP contribution >= 0.6 is 23.2 Å². The van der Waals surface area contributed by atoms with Crippen molar-refractivity contribution >= 4 is 29.1 Å². The standard InChI is InChI=1S/C27H35Cl2F2N3O3/c1-26(2,3)13-22-27(32,12-16-4-6-17(28)11-21(16)31)23(15-5-7-20(30)19(29)10-15)24(34-22)25(37)33-9-8-18(36)14-35/h4-7,10-11,18,22-24,34-36H,8-9,12-14,32H2,1-3H3,(H,33,37). The van der Waals surface area contributed by atoms with E-state index in [-0.39, 0.29) is 40.8 Å². The van der Waals surface area contributed by atoms with Gasteiger partial charge in [0.25, 0.3) is 0 Å². The van der Waals surface area contributed by atoms with Crippen molar-refractivity contribution in [1.82, 2.24) is 10.6 Å². The van der Waals surface area contributed by atoms with E-state index in [0.717, 1.165) is 0 Å². The number of carbonyl (C=O) groups excluding carboxylic acids is 1. The SMILES string of the molecule is CC(C)(C)CC1NC(C(=O)NCCC(O)CO)C(c2ccc(F)c(Cl)c2)C1(N)Cc1ccc(Cl)cc1F. The average molecular weight is 558 g/mol. The van der Waals surface area contributed by atoms with Crippen LogP contribution in [0.2, 0.25) is 10.0 Å². The van der Waals surface area contributed by atoms with Gasteiger partial charge in [-0.3, -0.25) is 4.79 Å². The number of nitrogens with two attached hydrogens (primary N) is 1. The highest BCUT2D eigenvalue weighted by molar-refractivity contribution is 6.31. The number of aliphatic hydroxyl groups excluding tert-OH is 2. The Morgan fingerprint density at radius 3 is 2.49 bits per heavy atom. The summed E-state index contributed by atoms with van der Waals surface area (Å²) >= 11 is 12.1. The molecule has 5 unspecified atom stereocenters. The highest BCUT2D eigenvalue weighted by Gasteiger charge is 2.56. The Morgan fingerprint density at radius 2 is 1.89 bits per heavy atom. The lowest BCUT2D eigenvalue weighted by atomic mass is 9.69. The molecule has 1 aliphatic rings. The number of benzene rings is 2. The molecule has 1 fully saturated rings. The van der Waals surface area contributed by atoms with Crippen molar-refractivity contribution in [3.05, 3.63) is 69.2 Å². The summed E-state index contributed by atoms with van der Waals surface area (Å²) in [7, 11) is 0. The van der Waals surface area contributed by atoms with Gasteiger partial charge in [0, 0.05) is 29.1 Å². The van der Waals surface area contributed by atoms with Crippen molar-refractivity contribution in [3.8, 4) is 0 Å². The lowest BCUT2D eigenvalue weighted by molar-refractivity contribution is -0.123. The smallest absolute Gasteiger partial charge is 0.237 e. The zero-order chi connectivity index (χ0) is 27.5. The fourth-order valence-corrected chi connectivity index (χ4v) is 5.43. The van der Waals surface area contributed by atoms with Crippen molar-refractivity contribution in [2.45, 2.75) is 69.7 Å². The zero-order valence-electron chi connectivity index (χ0n) is 21.2. The molecule has 0 saturated carbocycles. The molecule has 0 spiro atoms. The third-order valence-electron chi connectivity index (χ3n) is 6.84. The first-order valence-electron chi connectivity index (χ1n) is 12.3. The Balaban J connectivity index is 2.08. The minimum absolute atomic E-state index is 0.0798. The number of amides is 1. The van der Waals surface area contributed by atoms with Crippen LogP contribution in [-0.4, -0.2) is 53.0 Å². The molecule has 3 rings (SSSR count). The van der Waals surface area contributed by atoms with Crippen LogP contribution in [0.4, 0.5) is 8.78 Å². The first kappa shape index (κ1) is 29.7. The molecule has 0 aromatic heterocycles. The van der Waals surface area contributed by atoms with E-state index in [9.17, 15) is 18.7 Å². The maximum Gasteiger partial charge on any atom is 0.237 e. The Bertz CT molecular complexity index is 1110. The third kappa shape index (κ3) is 7.19. The normalized spacial score (nSPS) is 24.8. The van der Waals surface area contributed by atoms with Gasteiger partial charge in [0.05, 0.1) is 23.8 Å². The number of hydrogen-bond acceptors (Lipinski definition) is 5. The highest BCUT2D eigenvalue weighted by Crippen LogP contribution is 2.45. The van der Waals surface area contributed by atoms with E-state index < -0.39 is 47.9 Å². The third-order valence-corrected chi connectivity index (χ3v) is 7.37. The fourth-order valence-electron chi connectivity index (χ4n) is 5.08. The van der Waals surface area contributed by atoms with E-state index in [2.05, 4.69) is 10.6 Å². The molecule has 1 heterocycles. The molecular weight excluding hydrogens is 523 g/mol. The van der Waals surface area contributed by atoms with E-state index in [1.165, 1.54) is 18.2 Å². The van der Waals surface area contributed by atoms with Crippen LogP contribution in [0.25, 0.3) is 0 Å². The largest absolute Gasteiger partial charge is 0.394 e. The summed E-state index contributed by atoms with van der Waals surface area (Å²) in [6, 6.07) is 7.35. The lowest BCUT2D eigenvalue weighted by Gasteiger charge is -2.39. The number of carbonyl (C=O) groups is 1. The van der Waals surface area contributed by atoms with Gasteiger partial charge in [-0.25, -0.2) is 8.78 Å². The average Bonchev–Trinajstić information content (AvgIpc) is 3.08. The maximum atomic E-state index is 15.0. The molecule has 1 amide bonds. The topological polar surface area (TPSA) is 108 Å². The van der Waals surface area contributed by atoms with Gasteiger partial charge in [0.1, 0.15) is 11.6 Å². The Kier molecular flexibility index (Phi) is 9.59. The van der Waals surface area contributed by atoms with Gasteiger partial charge in [-0.2, -0.15) is 0 Å². The highest BCUT2D eigenvalue weighted by atomic mass is 35.5. The number of aliphatic hydroxyl groups is 2. The minimum atomic E-state index is -1.17. The van der Waals surface area contributed by atoms with Gasteiger partial charge in [-0.1, -0.05) is 56.1 Å². The van der Waals surface area contributed by atoms with Crippen molar-refractivity contribution < 1.29 is 23.8 Å². The van der Waals surface area contributed by atoms with Crippen LogP contribution < -0.4 is 16.4 Å². The second kappa shape index (κ2) is 11.9. The molecule has 204 valence electrons. The molecule has 0 radical (unpaired) electrons. The molecule has 0 bridgehead atoms. The number of nitrogens with one attached hydrogen (secondary N) is 2. The number of hydrogen-bond donors (Lipinski definition) is 5. The van der Waals surface area contributed by atoms with E-state index in [0.29, 0.717) is 17.5 Å². The predicted octanol–water partition coefficient (Wildman–Crippen LogP) is 3.93. The summed E-state index contributed by atoms with van der Waals surface area (Å²) in [6.45, 7) is 5.85. The van der Waals surface area contributed by atoms with Gasteiger partial charge in [0.15, 0.2) is 0 Å². The molecule has 2 aromatic carbocycles. The van der Waals surface area contributed by atoms with Crippen LogP contribution in [-0.2, 0) is 11.2 Å². The van der Waals surface area contributed by atoms with Crippen molar-refractivity contribution in [1.29, 1.82) is 0 Å². The van der Waals surface area contributed by atoms with Crippen LogP contribution in [0.3, 0.4) is 0 Å². The van der Waals surface area contributed by atoms with E-state index >= 15 is 0 Å². The molecule has 0 aliphatic carbocycles. The zero-order valence-corrected chi connectivity index (χ0v) is 22.7. The molecule has 6 N–H and O–H groups in total. The molecule has 1 saturated heterocycles. The van der Waals surface area contributed by atoms with Crippen LogP contribution in [0, 0.1) is 17.0 Å². The summed E-state index contributed by atoms with van der Waals surface area (Å²) in [4.78, 5) is 13.4. The molecule has 2 aromatic rings. The van der Waals surface area contributed by atoms with Crippen molar-refractivity contribution in [2.24, 2.45) is 11.1 Å². The quantitative estimate of drug-likeness (QED) is 0.321. The predicted molar refractivity (Wildman–Crippen MR) is 142 cm³/mol. The van der Waals surface area contributed by atoms with Gasteiger partial charge < -0.3 is 26.6 Å². The molecule has 5 atom stereocenters. The fraction of sp³-hybridized carbons (Fsp3) is 0.519. The van der Waals surface area contributed by atoms with Crippen LogP contribution in [0.1, 0.15) is 50.7 Å². The minimum Gasteiger partial charge on any atom is -0.394 e. The summed E-state index contributed by atoms with van der Waals surface area (Å²) in [5, 5.41) is 25.1. The van der Waals surface area contributed by atoms with E-state index in [1.807, 2.05) is 20.8 Å². The Hall–Kier alpha value is -1.81. The van der Waals surface area contributed by atoms with Crippen LogP contribution in [0.15, 0.2) is 36.4 Å². The summed E-state index contributed by atoms with van der Waals surface area (Å²) < 4.78 is 29.0. The number of rotatable bonds is 9. The summed E-state index contributed by atoms with van der Waals surface area (Å²) in [6.07, 6.45) is -0.149. The van der Waals surface area contributed by atoms with Crippen molar-refractivity contribution in [2.75, 3.05) is 13.2 Å². The monoisotopic (exact) mass is 557 g/mol. The summed E-state index contributed by atoms with van der Waals surface area (Å²) in [5.41, 5.74) is 6.72. The molecule has 10 heteroatoms. The summed E-state index contributed by atoms with van der Waals surface area (Å²) in [5.74, 6) is -2.18. The second-order valence-electron chi connectivity index (χ2n) is 11.1. The maximum absolute atomic E-state index is 15.0. The first-order chi connectivity index (χ1) is 17.2. The van der Waals surface area contributed by atoms with Gasteiger partial charge >= 0.3 is 0 Å². The van der Waals surface area contributed by atoms with Gasteiger partial charge in [-0.05, 0) is 60.1 Å². The van der Waals surface area contributed by atoms with Gasteiger partial charge in [-0.15, -0.1) is 0 Å². The lowest BCUT2D eigenvalue weighted by Crippen LogP contribution is -2.56. The molecule has 1 aliphatic heterocycles. The number of halogens is 4. The Labute approximate surface area is 226 Å². The Morgan fingerprint density at radius 1 is 1.19 bits per heavy atom. The molecular formula is C27H35Cl2F2N3O3. The molecule has 37 heavy (non-hydrogen) atoms. The van der Waals surface area contributed by atoms with Crippen LogP contribution in [0.5, 0.6) is 0 Å². The van der Waals surface area contributed by atoms with E-state index in [4.69, 9.17) is 34.0 Å². The molecule has 6 nitrogen and oxygen atoms in total. The van der Waals surface area contributed by atoms with Gasteiger partial charge in [0.2, 0.25) is 5.91 Å². The first-order valence-corrected chi connectivity index (χ1v) is 13.0. The second-order valence-corrected chi connectivity index (χ2v) is 11.9.